The Hall–Kier alpha value is -1.93. The first-order valence-corrected chi connectivity index (χ1v) is 8.32. The molecule has 8 heteroatoms. The molecule has 2 aromatic heterocycles. The van der Waals surface area contributed by atoms with Crippen LogP contribution in [0, 0.1) is 0 Å². The molecule has 126 valence electrons. The zero-order valence-electron chi connectivity index (χ0n) is 13.7. The predicted molar refractivity (Wildman–Crippen MR) is 90.7 cm³/mol. The molecule has 2 atom stereocenters. The van der Waals surface area contributed by atoms with Gasteiger partial charge >= 0.3 is 0 Å². The normalized spacial score (nSPS) is 19.2. The van der Waals surface area contributed by atoms with Gasteiger partial charge in [0.05, 0.1) is 19.0 Å². The van der Waals surface area contributed by atoms with Crippen LogP contribution in [-0.4, -0.2) is 56.4 Å². The predicted octanol–water partition coefficient (Wildman–Crippen LogP) is 0.803. The third-order valence-corrected chi connectivity index (χ3v) is 4.25. The molecule has 23 heavy (non-hydrogen) atoms. The Morgan fingerprint density at radius 1 is 1.43 bits per heavy atom. The van der Waals surface area contributed by atoms with Crippen molar-refractivity contribution in [1.29, 1.82) is 0 Å². The van der Waals surface area contributed by atoms with Gasteiger partial charge in [-0.25, -0.2) is 4.98 Å². The molecule has 0 amide bonds. The molecule has 0 radical (unpaired) electrons. The maximum absolute atomic E-state index is 9.40. The molecule has 0 aromatic carbocycles. The fourth-order valence-corrected chi connectivity index (χ4v) is 2.77. The Kier molecular flexibility index (Phi) is 4.92. The van der Waals surface area contributed by atoms with Crippen molar-refractivity contribution in [2.45, 2.75) is 45.3 Å². The van der Waals surface area contributed by atoms with Crippen LogP contribution < -0.4 is 16.0 Å². The molecule has 1 aliphatic rings. The summed E-state index contributed by atoms with van der Waals surface area (Å²) in [5, 5.41) is 19.4. The van der Waals surface area contributed by atoms with Crippen molar-refractivity contribution in [1.82, 2.24) is 24.8 Å². The molecule has 2 aromatic rings. The summed E-state index contributed by atoms with van der Waals surface area (Å²) in [6.07, 6.45) is 3.67. The highest BCUT2D eigenvalue weighted by Crippen LogP contribution is 2.23. The minimum atomic E-state index is -0.0496. The first-order chi connectivity index (χ1) is 11.2. The van der Waals surface area contributed by atoms with Crippen LogP contribution in [0.2, 0.25) is 0 Å². The number of imidazole rings is 1. The van der Waals surface area contributed by atoms with E-state index in [0.29, 0.717) is 12.0 Å². The molecular formula is C15H25N7O. The molecule has 8 nitrogen and oxygen atoms in total. The van der Waals surface area contributed by atoms with Gasteiger partial charge in [-0.1, -0.05) is 6.92 Å². The van der Waals surface area contributed by atoms with E-state index < -0.39 is 0 Å². The molecular weight excluding hydrogens is 294 g/mol. The Labute approximate surface area is 135 Å². The van der Waals surface area contributed by atoms with E-state index in [4.69, 9.17) is 0 Å². The number of nitrogens with one attached hydrogen (secondary N) is 3. The van der Waals surface area contributed by atoms with Crippen LogP contribution >= 0.6 is 0 Å². The fourth-order valence-electron chi connectivity index (χ4n) is 2.77. The minimum Gasteiger partial charge on any atom is -0.394 e. The van der Waals surface area contributed by atoms with Gasteiger partial charge < -0.3 is 25.6 Å². The first-order valence-electron chi connectivity index (χ1n) is 8.32. The highest BCUT2D eigenvalue weighted by molar-refractivity contribution is 5.84. The van der Waals surface area contributed by atoms with Gasteiger partial charge in [0.1, 0.15) is 0 Å². The lowest BCUT2D eigenvalue weighted by atomic mass is 10.2. The summed E-state index contributed by atoms with van der Waals surface area (Å²) >= 11 is 0. The summed E-state index contributed by atoms with van der Waals surface area (Å²) in [7, 11) is 0. The second-order valence-electron chi connectivity index (χ2n) is 5.86. The van der Waals surface area contributed by atoms with Gasteiger partial charge in [0.25, 0.3) is 0 Å². The topological polar surface area (TPSA) is 99.9 Å². The molecule has 3 rings (SSSR count). The Morgan fingerprint density at radius 3 is 2.96 bits per heavy atom. The summed E-state index contributed by atoms with van der Waals surface area (Å²) in [6, 6.07) is 0.305. The summed E-state index contributed by atoms with van der Waals surface area (Å²) in [5.41, 5.74) is 1.60. The number of aromatic nitrogens is 4. The molecule has 0 unspecified atom stereocenters. The van der Waals surface area contributed by atoms with Crippen molar-refractivity contribution in [3.05, 3.63) is 6.33 Å². The number of aliphatic hydroxyl groups excluding tert-OH is 1. The number of hydrogen-bond donors (Lipinski definition) is 4. The van der Waals surface area contributed by atoms with E-state index in [0.717, 1.165) is 49.5 Å². The maximum Gasteiger partial charge on any atom is 0.227 e. The molecule has 1 saturated heterocycles. The second-order valence-corrected chi connectivity index (χ2v) is 5.86. The van der Waals surface area contributed by atoms with E-state index in [1.54, 1.807) is 6.33 Å². The second kappa shape index (κ2) is 7.10. The summed E-state index contributed by atoms with van der Waals surface area (Å²) in [4.78, 5) is 13.7. The van der Waals surface area contributed by atoms with E-state index >= 15 is 0 Å². The molecule has 0 bridgehead atoms. The number of aliphatic hydroxyl groups is 1. The molecule has 1 fully saturated rings. The summed E-state index contributed by atoms with van der Waals surface area (Å²) < 4.78 is 2.00. The zero-order chi connectivity index (χ0) is 16.2. The van der Waals surface area contributed by atoms with Crippen LogP contribution in [0.5, 0.6) is 0 Å². The smallest absolute Gasteiger partial charge is 0.227 e. The van der Waals surface area contributed by atoms with E-state index in [-0.39, 0.29) is 12.6 Å². The van der Waals surface area contributed by atoms with Gasteiger partial charge in [0.2, 0.25) is 5.95 Å². The van der Waals surface area contributed by atoms with Crippen molar-refractivity contribution in [2.24, 2.45) is 0 Å². The van der Waals surface area contributed by atoms with Crippen LogP contribution in [0.1, 0.15) is 26.7 Å². The molecule has 0 spiro atoms. The van der Waals surface area contributed by atoms with Crippen molar-refractivity contribution >= 4 is 22.9 Å². The Balaban J connectivity index is 1.96. The third kappa shape index (κ3) is 3.37. The average Bonchev–Trinajstić information content (AvgIpc) is 3.21. The van der Waals surface area contributed by atoms with Crippen molar-refractivity contribution in [3.63, 3.8) is 0 Å². The molecule has 0 saturated carbocycles. The monoisotopic (exact) mass is 319 g/mol. The quantitative estimate of drug-likeness (QED) is 0.599. The maximum atomic E-state index is 9.40. The number of fused-ring (bicyclic) bond motifs is 1. The van der Waals surface area contributed by atoms with Crippen molar-refractivity contribution in [3.8, 4) is 0 Å². The standard InChI is InChI=1S/C15H25N7O/c1-3-10(8-23)19-15-20-13(18-11-5-6-16-7-11)12-14(21-15)22(4-2)9-17-12/h9-11,16,23H,3-8H2,1-2H3,(H2,18,19,20,21)/t10-,11-/m0/s1. The van der Waals surface area contributed by atoms with Crippen LogP contribution in [0.4, 0.5) is 11.8 Å². The minimum absolute atomic E-state index is 0.0496. The average molecular weight is 319 g/mol. The van der Waals surface area contributed by atoms with Gasteiger partial charge in [-0.3, -0.25) is 0 Å². The number of aryl methyl sites for hydroxylation is 1. The highest BCUT2D eigenvalue weighted by Gasteiger charge is 2.19. The number of hydrogen-bond acceptors (Lipinski definition) is 7. The molecule has 0 aliphatic carbocycles. The highest BCUT2D eigenvalue weighted by atomic mass is 16.3. The first kappa shape index (κ1) is 15.9. The lowest BCUT2D eigenvalue weighted by Crippen LogP contribution is -2.26. The Bertz CT molecular complexity index is 647. The zero-order valence-corrected chi connectivity index (χ0v) is 13.7. The van der Waals surface area contributed by atoms with Crippen LogP contribution in [0.25, 0.3) is 11.2 Å². The van der Waals surface area contributed by atoms with Gasteiger partial charge in [-0.2, -0.15) is 9.97 Å². The van der Waals surface area contributed by atoms with Crippen LogP contribution in [0.3, 0.4) is 0 Å². The van der Waals surface area contributed by atoms with Gasteiger partial charge in [0.15, 0.2) is 17.0 Å². The van der Waals surface area contributed by atoms with Crippen molar-refractivity contribution in [2.75, 3.05) is 30.3 Å². The molecule has 1 aliphatic heterocycles. The van der Waals surface area contributed by atoms with Crippen LogP contribution in [-0.2, 0) is 6.54 Å². The molecule has 3 heterocycles. The van der Waals surface area contributed by atoms with Gasteiger partial charge in [-0.15, -0.1) is 0 Å². The number of nitrogens with zero attached hydrogens (tertiary/aromatic N) is 4. The SMILES string of the molecule is CC[C@@H](CO)Nc1nc(N[C@H]2CCNC2)c2ncn(CC)c2n1. The molecule has 4 N–H and O–H groups in total. The number of anilines is 2. The number of rotatable bonds is 7. The van der Waals surface area contributed by atoms with E-state index in [1.165, 1.54) is 0 Å². The van der Waals surface area contributed by atoms with Gasteiger partial charge in [0, 0.05) is 19.1 Å². The largest absolute Gasteiger partial charge is 0.394 e. The van der Waals surface area contributed by atoms with Crippen LogP contribution in [0.15, 0.2) is 6.33 Å². The van der Waals surface area contributed by atoms with E-state index in [9.17, 15) is 5.11 Å². The van der Waals surface area contributed by atoms with Crippen molar-refractivity contribution < 1.29 is 5.11 Å². The lowest BCUT2D eigenvalue weighted by Gasteiger charge is -2.17. The summed E-state index contributed by atoms with van der Waals surface area (Å²) in [5.74, 6) is 1.29. The summed E-state index contributed by atoms with van der Waals surface area (Å²) in [6.45, 7) is 6.88. The van der Waals surface area contributed by atoms with E-state index in [2.05, 4.69) is 37.8 Å². The lowest BCUT2D eigenvalue weighted by molar-refractivity contribution is 0.271. The fraction of sp³-hybridized carbons (Fsp3) is 0.667. The third-order valence-electron chi connectivity index (χ3n) is 4.25. The Morgan fingerprint density at radius 2 is 2.30 bits per heavy atom. The van der Waals surface area contributed by atoms with E-state index in [1.807, 2.05) is 11.5 Å². The van der Waals surface area contributed by atoms with Gasteiger partial charge in [-0.05, 0) is 26.3 Å².